The van der Waals surface area contributed by atoms with Crippen molar-refractivity contribution in [2.24, 2.45) is 0 Å². The lowest BCUT2D eigenvalue weighted by atomic mass is 10.1. The monoisotopic (exact) mass is 395 g/mol. The lowest BCUT2D eigenvalue weighted by molar-refractivity contribution is -0.115. The van der Waals surface area contributed by atoms with Gasteiger partial charge in [-0.2, -0.15) is 5.10 Å². The second-order valence-corrected chi connectivity index (χ2v) is 8.58. The first-order valence-corrected chi connectivity index (χ1v) is 9.15. The molecule has 0 saturated carbocycles. The van der Waals surface area contributed by atoms with Crippen molar-refractivity contribution in [1.82, 2.24) is 20.4 Å². The van der Waals surface area contributed by atoms with E-state index in [0.29, 0.717) is 18.8 Å². The molecule has 0 atom stereocenters. The van der Waals surface area contributed by atoms with Crippen LogP contribution in [0.15, 0.2) is 0 Å². The van der Waals surface area contributed by atoms with Crippen LogP contribution in [0.3, 0.4) is 0 Å². The van der Waals surface area contributed by atoms with Gasteiger partial charge in [0.2, 0.25) is 5.91 Å². The minimum Gasteiger partial charge on any atom is -0.444 e. The van der Waals surface area contributed by atoms with Gasteiger partial charge in [-0.1, -0.05) is 0 Å². The number of aromatic nitrogens is 2. The molecule has 1 aromatic heterocycles. The Morgan fingerprint density at radius 3 is 2.36 bits per heavy atom. The third-order valence-corrected chi connectivity index (χ3v) is 3.64. The topological polar surface area (TPSA) is 126 Å². The van der Waals surface area contributed by atoms with Crippen LogP contribution in [-0.4, -0.2) is 57.5 Å². The Kier molecular flexibility index (Phi) is 6.20. The van der Waals surface area contributed by atoms with Crippen LogP contribution in [0.5, 0.6) is 0 Å². The van der Waals surface area contributed by atoms with Crippen LogP contribution in [-0.2, 0) is 27.2 Å². The number of H-pyrrole nitrogens is 1. The van der Waals surface area contributed by atoms with Crippen molar-refractivity contribution in [3.63, 3.8) is 0 Å². The summed E-state index contributed by atoms with van der Waals surface area (Å²) in [5, 5.41) is 12.0. The first-order valence-electron chi connectivity index (χ1n) is 9.15. The number of anilines is 1. The van der Waals surface area contributed by atoms with Crippen LogP contribution in [0, 0.1) is 0 Å². The summed E-state index contributed by atoms with van der Waals surface area (Å²) in [6, 6.07) is 0. The van der Waals surface area contributed by atoms with E-state index in [2.05, 4.69) is 20.8 Å². The Labute approximate surface area is 164 Å². The number of nitrogens with zero attached hydrogens (tertiary/aromatic N) is 2. The highest BCUT2D eigenvalue weighted by Crippen LogP contribution is 2.25. The average molecular weight is 395 g/mol. The second-order valence-electron chi connectivity index (χ2n) is 8.58. The van der Waals surface area contributed by atoms with Crippen molar-refractivity contribution in [3.05, 3.63) is 11.3 Å². The maximum Gasteiger partial charge on any atom is 0.410 e. The van der Waals surface area contributed by atoms with Crippen LogP contribution < -0.4 is 10.6 Å². The van der Waals surface area contributed by atoms with Crippen molar-refractivity contribution in [2.75, 3.05) is 18.4 Å². The van der Waals surface area contributed by atoms with E-state index in [1.54, 1.807) is 46.4 Å². The minimum absolute atomic E-state index is 0.258. The number of nitrogens with one attached hydrogen (secondary N) is 3. The summed E-state index contributed by atoms with van der Waals surface area (Å²) in [4.78, 5) is 37.6. The quantitative estimate of drug-likeness (QED) is 0.720. The van der Waals surface area contributed by atoms with Crippen molar-refractivity contribution in [2.45, 2.75) is 65.7 Å². The molecule has 28 heavy (non-hydrogen) atoms. The van der Waals surface area contributed by atoms with Gasteiger partial charge in [0.1, 0.15) is 17.7 Å². The number of aromatic amines is 1. The van der Waals surface area contributed by atoms with Gasteiger partial charge in [-0.15, -0.1) is 0 Å². The van der Waals surface area contributed by atoms with Gasteiger partial charge in [-0.25, -0.2) is 9.59 Å². The van der Waals surface area contributed by atoms with Crippen molar-refractivity contribution in [3.8, 4) is 0 Å². The van der Waals surface area contributed by atoms with Crippen LogP contribution in [0.1, 0.15) is 52.8 Å². The largest absolute Gasteiger partial charge is 0.444 e. The fourth-order valence-corrected chi connectivity index (χ4v) is 2.52. The first kappa shape index (κ1) is 21.5. The SMILES string of the molecule is CC(C)(C)OC(=O)NCC(=O)Nc1n[nH]c2c1CN(C(=O)OC(C)(C)C)CC2. The molecule has 1 aliphatic heterocycles. The molecule has 1 aromatic rings. The zero-order chi connectivity index (χ0) is 21.1. The van der Waals surface area contributed by atoms with Crippen LogP contribution >= 0.6 is 0 Å². The predicted octanol–water partition coefficient (Wildman–Crippen LogP) is 2.17. The number of alkyl carbamates (subject to hydrolysis) is 1. The molecule has 0 unspecified atom stereocenters. The maximum absolute atomic E-state index is 12.3. The number of hydrogen-bond acceptors (Lipinski definition) is 6. The zero-order valence-corrected chi connectivity index (χ0v) is 17.3. The summed E-state index contributed by atoms with van der Waals surface area (Å²) in [6.07, 6.45) is -0.515. The van der Waals surface area contributed by atoms with Gasteiger partial charge >= 0.3 is 12.2 Å². The van der Waals surface area contributed by atoms with E-state index in [9.17, 15) is 14.4 Å². The highest BCUT2D eigenvalue weighted by Gasteiger charge is 2.29. The predicted molar refractivity (Wildman–Crippen MR) is 102 cm³/mol. The molecule has 2 heterocycles. The molecule has 0 saturated heterocycles. The Morgan fingerprint density at radius 1 is 1.11 bits per heavy atom. The molecule has 2 rings (SSSR count). The molecule has 0 spiro atoms. The number of hydrogen-bond donors (Lipinski definition) is 3. The van der Waals surface area contributed by atoms with Crippen molar-refractivity contribution < 1.29 is 23.9 Å². The van der Waals surface area contributed by atoms with E-state index >= 15 is 0 Å². The third kappa shape index (κ3) is 6.43. The van der Waals surface area contributed by atoms with Crippen molar-refractivity contribution >= 4 is 23.9 Å². The summed E-state index contributed by atoms with van der Waals surface area (Å²) in [7, 11) is 0. The number of carbonyl (C=O) groups excluding carboxylic acids is 3. The second kappa shape index (κ2) is 8.07. The molecule has 0 bridgehead atoms. The van der Waals surface area contributed by atoms with Gasteiger partial charge in [0.05, 0.1) is 6.54 Å². The average Bonchev–Trinajstić information content (AvgIpc) is 2.92. The van der Waals surface area contributed by atoms with Gasteiger partial charge in [-0.05, 0) is 41.5 Å². The molecule has 0 aromatic carbocycles. The summed E-state index contributed by atoms with van der Waals surface area (Å²) < 4.78 is 10.5. The van der Waals surface area contributed by atoms with Gasteiger partial charge < -0.3 is 25.0 Å². The van der Waals surface area contributed by atoms with E-state index in [-0.39, 0.29) is 13.1 Å². The van der Waals surface area contributed by atoms with Crippen LogP contribution in [0.2, 0.25) is 0 Å². The summed E-state index contributed by atoms with van der Waals surface area (Å²) in [5.74, 6) is -0.117. The number of amides is 3. The minimum atomic E-state index is -0.678. The highest BCUT2D eigenvalue weighted by molar-refractivity contribution is 5.93. The van der Waals surface area contributed by atoms with Crippen LogP contribution in [0.25, 0.3) is 0 Å². The van der Waals surface area contributed by atoms with Gasteiger partial charge in [0.25, 0.3) is 0 Å². The van der Waals surface area contributed by atoms with E-state index in [4.69, 9.17) is 9.47 Å². The Morgan fingerprint density at radius 2 is 1.75 bits per heavy atom. The number of fused-ring (bicyclic) bond motifs is 1. The molecule has 0 aliphatic carbocycles. The van der Waals surface area contributed by atoms with E-state index in [1.165, 1.54) is 0 Å². The zero-order valence-electron chi connectivity index (χ0n) is 17.3. The molecule has 0 radical (unpaired) electrons. The van der Waals surface area contributed by atoms with Gasteiger partial charge in [0.15, 0.2) is 5.82 Å². The first-order chi connectivity index (χ1) is 12.8. The molecule has 10 nitrogen and oxygen atoms in total. The fourth-order valence-electron chi connectivity index (χ4n) is 2.52. The fraction of sp³-hybridized carbons (Fsp3) is 0.667. The Hall–Kier alpha value is -2.78. The normalized spacial score (nSPS) is 14.1. The van der Waals surface area contributed by atoms with Crippen LogP contribution in [0.4, 0.5) is 15.4 Å². The number of rotatable bonds is 3. The smallest absolute Gasteiger partial charge is 0.410 e. The molecule has 156 valence electrons. The number of ether oxygens (including phenoxy) is 2. The highest BCUT2D eigenvalue weighted by atomic mass is 16.6. The number of carbonyl (C=O) groups is 3. The van der Waals surface area contributed by atoms with E-state index in [1.807, 2.05) is 0 Å². The summed E-state index contributed by atoms with van der Waals surface area (Å²) >= 11 is 0. The lowest BCUT2D eigenvalue weighted by Gasteiger charge is -2.30. The Balaban J connectivity index is 1.93. The standard InChI is InChI=1S/C18H29N5O5/c1-17(2,3)27-15(25)19-9-13(24)20-14-11-10-23(8-7-12(11)21-22-14)16(26)28-18(4,5)6/h7-10H2,1-6H3,(H,19,25)(H2,20,21,22,24). The molecule has 3 amide bonds. The molecule has 0 fully saturated rings. The molecular weight excluding hydrogens is 366 g/mol. The maximum atomic E-state index is 12.3. The van der Waals surface area contributed by atoms with E-state index < -0.39 is 29.3 Å². The Bertz CT molecular complexity index is 745. The van der Waals surface area contributed by atoms with Crippen molar-refractivity contribution in [1.29, 1.82) is 0 Å². The van der Waals surface area contributed by atoms with Gasteiger partial charge in [0, 0.05) is 24.2 Å². The lowest BCUT2D eigenvalue weighted by Crippen LogP contribution is -2.40. The third-order valence-electron chi connectivity index (χ3n) is 3.64. The molecule has 1 aliphatic rings. The van der Waals surface area contributed by atoms with E-state index in [0.717, 1.165) is 11.3 Å². The molecule has 3 N–H and O–H groups in total. The summed E-state index contributed by atoms with van der Waals surface area (Å²) in [6.45, 7) is 11.1. The van der Waals surface area contributed by atoms with Gasteiger partial charge in [-0.3, -0.25) is 9.89 Å². The summed E-state index contributed by atoms with van der Waals surface area (Å²) in [5.41, 5.74) is 0.350. The molecule has 10 heteroatoms. The molecular formula is C18H29N5O5.